The van der Waals surface area contributed by atoms with Crippen LogP contribution in [-0.4, -0.2) is 17.0 Å². The fourth-order valence-electron chi connectivity index (χ4n) is 3.95. The van der Waals surface area contributed by atoms with E-state index in [0.717, 1.165) is 12.8 Å². The summed E-state index contributed by atoms with van der Waals surface area (Å²) in [6, 6.07) is 2.32. The molecule has 2 fully saturated rings. The third-order valence-corrected chi connectivity index (χ3v) is 5.32. The first-order valence-electron chi connectivity index (χ1n) is 6.41. The van der Waals surface area contributed by atoms with Gasteiger partial charge in [0.15, 0.2) is 0 Å². The normalized spacial score (nSPS) is 44.9. The van der Waals surface area contributed by atoms with E-state index < -0.39 is 0 Å². The van der Waals surface area contributed by atoms with E-state index in [1.165, 1.54) is 0 Å². The van der Waals surface area contributed by atoms with E-state index in [1.54, 1.807) is 0 Å². The van der Waals surface area contributed by atoms with Crippen LogP contribution in [0.3, 0.4) is 0 Å². The van der Waals surface area contributed by atoms with E-state index in [-0.39, 0.29) is 34.6 Å². The summed E-state index contributed by atoms with van der Waals surface area (Å²) in [7, 11) is 0. The number of carbonyl (C=O) groups is 1. The van der Waals surface area contributed by atoms with Gasteiger partial charge in [-0.25, -0.2) is 0 Å². The molecule has 0 heterocycles. The van der Waals surface area contributed by atoms with E-state index in [0.29, 0.717) is 12.8 Å². The zero-order valence-electron chi connectivity index (χ0n) is 10.9. The molecular weight excluding hydrogens is 214 g/mol. The highest BCUT2D eigenvalue weighted by atomic mass is 16.3. The molecule has 2 saturated carbocycles. The molecule has 4 atom stereocenters. The quantitative estimate of drug-likeness (QED) is 0.700. The van der Waals surface area contributed by atoms with Crippen LogP contribution in [0.25, 0.3) is 0 Å². The molecule has 1 unspecified atom stereocenters. The number of aliphatic hydroxyl groups excluding tert-OH is 1. The highest BCUT2D eigenvalue weighted by Crippen LogP contribution is 2.58. The molecule has 0 aromatic rings. The van der Waals surface area contributed by atoms with Crippen molar-refractivity contribution in [1.82, 2.24) is 0 Å². The summed E-state index contributed by atoms with van der Waals surface area (Å²) in [5, 5.41) is 19.4. The second-order valence-electron chi connectivity index (χ2n) is 6.56. The average Bonchev–Trinajstić information content (AvgIpc) is 2.26. The first kappa shape index (κ1) is 12.6. The molecule has 0 aromatic heterocycles. The first-order valence-corrected chi connectivity index (χ1v) is 6.41. The summed E-state index contributed by atoms with van der Waals surface area (Å²) in [5.74, 6) is 0.131. The van der Waals surface area contributed by atoms with Crippen LogP contribution in [0.4, 0.5) is 0 Å². The van der Waals surface area contributed by atoms with E-state index in [9.17, 15) is 15.2 Å². The van der Waals surface area contributed by atoms with Crippen molar-refractivity contribution in [3.05, 3.63) is 0 Å². The van der Waals surface area contributed by atoms with Crippen LogP contribution >= 0.6 is 0 Å². The lowest BCUT2D eigenvalue weighted by Crippen LogP contribution is -2.55. The lowest BCUT2D eigenvalue weighted by Gasteiger charge is -2.56. The van der Waals surface area contributed by atoms with Gasteiger partial charge in [-0.1, -0.05) is 20.8 Å². The maximum Gasteiger partial charge on any atom is 0.134 e. The van der Waals surface area contributed by atoms with Crippen LogP contribution in [0.15, 0.2) is 0 Å². The van der Waals surface area contributed by atoms with Crippen molar-refractivity contribution in [3.63, 3.8) is 0 Å². The van der Waals surface area contributed by atoms with Gasteiger partial charge in [0.05, 0.1) is 18.1 Å². The van der Waals surface area contributed by atoms with Crippen LogP contribution in [0, 0.1) is 34.0 Å². The van der Waals surface area contributed by atoms with Crippen molar-refractivity contribution >= 4 is 5.78 Å². The summed E-state index contributed by atoms with van der Waals surface area (Å²) in [6.07, 6.45) is 2.17. The van der Waals surface area contributed by atoms with Crippen LogP contribution in [0.2, 0.25) is 0 Å². The maximum atomic E-state index is 11.8. The number of hydrogen-bond acceptors (Lipinski definition) is 3. The van der Waals surface area contributed by atoms with Gasteiger partial charge in [-0.3, -0.25) is 4.79 Å². The minimum Gasteiger partial charge on any atom is -0.393 e. The number of nitrogens with zero attached hydrogens (tertiary/aromatic N) is 1. The van der Waals surface area contributed by atoms with Crippen molar-refractivity contribution < 1.29 is 9.90 Å². The predicted molar refractivity (Wildman–Crippen MR) is 64.0 cm³/mol. The minimum absolute atomic E-state index is 0.106. The summed E-state index contributed by atoms with van der Waals surface area (Å²) in [5.41, 5.74) is -0.371. The topological polar surface area (TPSA) is 61.1 Å². The molecule has 2 aliphatic rings. The molecule has 94 valence electrons. The van der Waals surface area contributed by atoms with Crippen LogP contribution in [-0.2, 0) is 4.79 Å². The van der Waals surface area contributed by atoms with Gasteiger partial charge in [0.2, 0.25) is 0 Å². The van der Waals surface area contributed by atoms with Gasteiger partial charge < -0.3 is 5.11 Å². The maximum absolute atomic E-state index is 11.8. The Kier molecular flexibility index (Phi) is 2.82. The molecule has 0 spiro atoms. The summed E-state index contributed by atoms with van der Waals surface area (Å²) in [4.78, 5) is 11.8. The van der Waals surface area contributed by atoms with E-state index in [1.807, 2.05) is 13.8 Å². The third kappa shape index (κ3) is 1.70. The molecule has 0 saturated heterocycles. The molecule has 2 aliphatic carbocycles. The number of carbonyl (C=O) groups excluding carboxylic acids is 1. The smallest absolute Gasteiger partial charge is 0.134 e. The Morgan fingerprint density at radius 3 is 2.59 bits per heavy atom. The molecule has 0 bridgehead atoms. The highest BCUT2D eigenvalue weighted by molar-refractivity contribution is 5.80. The van der Waals surface area contributed by atoms with E-state index >= 15 is 0 Å². The Hall–Kier alpha value is -0.880. The van der Waals surface area contributed by atoms with Gasteiger partial charge in [-0.2, -0.15) is 5.26 Å². The van der Waals surface area contributed by atoms with Gasteiger partial charge in [0.25, 0.3) is 0 Å². The van der Waals surface area contributed by atoms with Gasteiger partial charge >= 0.3 is 0 Å². The lowest BCUT2D eigenvalue weighted by molar-refractivity contribution is -0.149. The summed E-state index contributed by atoms with van der Waals surface area (Å²) < 4.78 is 0. The molecule has 0 amide bonds. The highest BCUT2D eigenvalue weighted by Gasteiger charge is 2.57. The minimum atomic E-state index is -0.356. The van der Waals surface area contributed by atoms with Crippen molar-refractivity contribution in [1.29, 1.82) is 5.26 Å². The van der Waals surface area contributed by atoms with E-state index in [4.69, 9.17) is 0 Å². The Balaban J connectivity index is 2.41. The van der Waals surface area contributed by atoms with Crippen LogP contribution < -0.4 is 0 Å². The summed E-state index contributed by atoms with van der Waals surface area (Å²) >= 11 is 0. The van der Waals surface area contributed by atoms with Crippen LogP contribution in [0.1, 0.15) is 46.5 Å². The lowest BCUT2D eigenvalue weighted by atomic mass is 9.47. The Bertz CT molecular complexity index is 382. The Morgan fingerprint density at radius 1 is 1.35 bits per heavy atom. The van der Waals surface area contributed by atoms with Gasteiger partial charge in [0.1, 0.15) is 5.78 Å². The van der Waals surface area contributed by atoms with Crippen molar-refractivity contribution in [2.24, 2.45) is 22.7 Å². The third-order valence-electron chi connectivity index (χ3n) is 5.32. The molecular formula is C14H21NO2. The molecule has 0 radical (unpaired) electrons. The zero-order valence-corrected chi connectivity index (χ0v) is 10.9. The predicted octanol–water partition coefficient (Wildman–Crippen LogP) is 2.29. The van der Waals surface area contributed by atoms with E-state index in [2.05, 4.69) is 13.0 Å². The number of aliphatic hydroxyl groups is 1. The number of fused-ring (bicyclic) bond motifs is 1. The zero-order chi connectivity index (χ0) is 12.8. The fraction of sp³-hybridized carbons (Fsp3) is 0.857. The molecule has 0 aromatic carbocycles. The molecule has 3 nitrogen and oxygen atoms in total. The van der Waals surface area contributed by atoms with Gasteiger partial charge in [-0.05, 0) is 29.6 Å². The standard InChI is InChI=1S/C14H21NO2/c1-13(2)11-7-10(16)6-9(8-15)14(11,3)5-4-12(13)17/h9,11-12,17H,4-7H2,1-3H3/t9-,11?,12+,14+/m0/s1. The number of nitriles is 1. The first-order chi connectivity index (χ1) is 7.82. The number of hydrogen-bond donors (Lipinski definition) is 1. The van der Waals surface area contributed by atoms with Crippen molar-refractivity contribution in [2.75, 3.05) is 0 Å². The molecule has 1 N–H and O–H groups in total. The van der Waals surface area contributed by atoms with Gasteiger partial charge in [0, 0.05) is 12.8 Å². The number of Topliss-reactive ketones (excluding diaryl/α,β-unsaturated/α-hetero) is 1. The fourth-order valence-corrected chi connectivity index (χ4v) is 3.95. The average molecular weight is 235 g/mol. The largest absolute Gasteiger partial charge is 0.393 e. The molecule has 0 aliphatic heterocycles. The van der Waals surface area contributed by atoms with Crippen molar-refractivity contribution in [2.45, 2.75) is 52.6 Å². The second kappa shape index (κ2) is 3.81. The molecule has 2 rings (SSSR count). The Labute approximate surface area is 103 Å². The Morgan fingerprint density at radius 2 is 2.00 bits per heavy atom. The number of ketones is 1. The SMILES string of the molecule is CC1(C)C2CC(=O)C[C@@H](C#N)[C@@]2(C)CC[C@H]1O. The number of rotatable bonds is 0. The molecule has 3 heteroatoms. The second-order valence-corrected chi connectivity index (χ2v) is 6.56. The monoisotopic (exact) mass is 235 g/mol. The van der Waals surface area contributed by atoms with Gasteiger partial charge in [-0.15, -0.1) is 0 Å². The summed E-state index contributed by atoms with van der Waals surface area (Å²) in [6.45, 7) is 6.20. The van der Waals surface area contributed by atoms with Crippen molar-refractivity contribution in [3.8, 4) is 6.07 Å². The molecule has 17 heavy (non-hydrogen) atoms. The van der Waals surface area contributed by atoms with Crippen LogP contribution in [0.5, 0.6) is 0 Å².